The van der Waals surface area contributed by atoms with Gasteiger partial charge < -0.3 is 13.8 Å². The Morgan fingerprint density at radius 1 is 0.929 bits per heavy atom. The van der Waals surface area contributed by atoms with Gasteiger partial charge >= 0.3 is 12.7 Å². The molecule has 5 heteroatoms. The van der Waals surface area contributed by atoms with E-state index in [9.17, 15) is 4.79 Å². The minimum absolute atomic E-state index is 0.256. The second kappa shape index (κ2) is 6.38. The maximum atomic E-state index is 13.0. The summed E-state index contributed by atoms with van der Waals surface area (Å²) in [6, 6.07) is 25.4. The third-order valence-electron chi connectivity index (χ3n) is 5.54. The maximum absolute atomic E-state index is 13.0. The van der Waals surface area contributed by atoms with E-state index < -0.39 is 12.7 Å². The number of aryl methyl sites for hydroxylation is 1. The van der Waals surface area contributed by atoms with Crippen molar-refractivity contribution in [3.05, 3.63) is 95.6 Å². The van der Waals surface area contributed by atoms with Crippen molar-refractivity contribution in [2.75, 3.05) is 0 Å². The average molecular weight is 369 g/mol. The Morgan fingerprint density at radius 2 is 1.64 bits per heavy atom. The van der Waals surface area contributed by atoms with Gasteiger partial charge in [0.15, 0.2) is 0 Å². The summed E-state index contributed by atoms with van der Waals surface area (Å²) in [5.41, 5.74) is 4.00. The number of hydrogen-bond acceptors (Lipinski definition) is 3. The minimum atomic E-state index is -2.12. The largest absolute Gasteiger partial charge is 0.682 e. The summed E-state index contributed by atoms with van der Waals surface area (Å²) in [5.74, 6) is 0.488. The molecule has 138 valence electrons. The molecule has 1 fully saturated rings. The molecule has 2 aliphatic heterocycles. The fourth-order valence-corrected chi connectivity index (χ4v) is 4.14. The molecule has 2 unspecified atom stereocenters. The summed E-state index contributed by atoms with van der Waals surface area (Å²) in [5, 5.41) is 0. The summed E-state index contributed by atoms with van der Waals surface area (Å²) < 4.78 is 14.5. The predicted octanol–water partition coefficient (Wildman–Crippen LogP) is 2.83. The van der Waals surface area contributed by atoms with Gasteiger partial charge in [-0.05, 0) is 35.6 Å². The third-order valence-corrected chi connectivity index (χ3v) is 5.54. The molecule has 2 atom stereocenters. The van der Waals surface area contributed by atoms with Gasteiger partial charge in [-0.1, -0.05) is 66.7 Å². The summed E-state index contributed by atoms with van der Waals surface area (Å²) in [6.07, 6.45) is 2.58. The zero-order chi connectivity index (χ0) is 19.1. The van der Waals surface area contributed by atoms with Crippen LogP contribution in [0.3, 0.4) is 0 Å². The van der Waals surface area contributed by atoms with Crippen LogP contribution >= 0.6 is 0 Å². The second-order valence-electron chi connectivity index (χ2n) is 7.46. The van der Waals surface area contributed by atoms with Gasteiger partial charge in [-0.15, -0.1) is 0 Å². The van der Waals surface area contributed by atoms with E-state index >= 15 is 0 Å². The molecule has 0 amide bonds. The van der Waals surface area contributed by atoms with Crippen LogP contribution in [0.4, 0.5) is 0 Å². The summed E-state index contributed by atoms with van der Waals surface area (Å²) in [4.78, 5) is 13.0. The van der Waals surface area contributed by atoms with E-state index in [0.717, 1.165) is 27.9 Å². The van der Waals surface area contributed by atoms with Crippen LogP contribution in [0.5, 0.6) is 5.75 Å². The van der Waals surface area contributed by atoms with Gasteiger partial charge in [0.2, 0.25) is 6.04 Å². The van der Waals surface area contributed by atoms with Crippen LogP contribution in [0.1, 0.15) is 16.7 Å². The van der Waals surface area contributed by atoms with Crippen molar-refractivity contribution in [3.8, 4) is 5.75 Å². The first kappa shape index (κ1) is 16.8. The second-order valence-corrected chi connectivity index (χ2v) is 7.46. The van der Waals surface area contributed by atoms with E-state index in [0.29, 0.717) is 6.42 Å². The highest BCUT2D eigenvalue weighted by Gasteiger charge is 2.61. The molecule has 4 nitrogen and oxygen atoms in total. The highest BCUT2D eigenvalue weighted by molar-refractivity contribution is 6.77. The van der Waals surface area contributed by atoms with Crippen LogP contribution in [0.2, 0.25) is 0 Å². The molecular formula is C23H20BNO3. The molecule has 1 saturated heterocycles. The van der Waals surface area contributed by atoms with E-state index in [1.807, 2.05) is 96.5 Å². The SMILES string of the molecule is Cc1ccc2c(c1)O[B-]1(c3ccccc3)OC(=O)C(Cc3ccccc3)[N+]1=C2. The van der Waals surface area contributed by atoms with Crippen LogP contribution in [-0.4, -0.2) is 29.4 Å². The normalized spacial score (nSPS) is 22.5. The number of carbonyl (C=O) groups is 1. The molecule has 0 radical (unpaired) electrons. The van der Waals surface area contributed by atoms with Gasteiger partial charge in [0, 0.05) is 6.42 Å². The van der Waals surface area contributed by atoms with E-state index in [4.69, 9.17) is 9.31 Å². The number of benzene rings is 3. The highest BCUT2D eigenvalue weighted by Crippen LogP contribution is 2.32. The van der Waals surface area contributed by atoms with Crippen LogP contribution in [-0.2, 0) is 15.9 Å². The predicted molar refractivity (Wildman–Crippen MR) is 109 cm³/mol. The van der Waals surface area contributed by atoms with Gasteiger partial charge in [0.25, 0.3) is 0 Å². The van der Waals surface area contributed by atoms with Crippen molar-refractivity contribution in [1.82, 2.24) is 0 Å². The quantitative estimate of drug-likeness (QED) is 0.667. The molecule has 0 spiro atoms. The monoisotopic (exact) mass is 369 g/mol. The van der Waals surface area contributed by atoms with E-state index in [1.165, 1.54) is 0 Å². The average Bonchev–Trinajstić information content (AvgIpc) is 2.99. The number of carbonyl (C=O) groups excluding carboxylic acids is 1. The van der Waals surface area contributed by atoms with Crippen molar-refractivity contribution in [2.24, 2.45) is 0 Å². The minimum Gasteiger partial charge on any atom is -0.618 e. The van der Waals surface area contributed by atoms with Crippen molar-refractivity contribution in [3.63, 3.8) is 0 Å². The van der Waals surface area contributed by atoms with Crippen molar-refractivity contribution < 1.29 is 18.6 Å². The van der Waals surface area contributed by atoms with Gasteiger partial charge in [-0.3, -0.25) is 0 Å². The van der Waals surface area contributed by atoms with Crippen LogP contribution in [0, 0.1) is 6.92 Å². The molecule has 0 aliphatic carbocycles. The molecule has 28 heavy (non-hydrogen) atoms. The van der Waals surface area contributed by atoms with Crippen LogP contribution in [0.25, 0.3) is 0 Å². The van der Waals surface area contributed by atoms with Crippen LogP contribution < -0.4 is 10.1 Å². The summed E-state index contributed by atoms with van der Waals surface area (Å²) >= 11 is 0. The van der Waals surface area contributed by atoms with Gasteiger partial charge in [-0.2, -0.15) is 0 Å². The Hall–Kier alpha value is -3.34. The molecule has 0 aromatic heterocycles. The first-order valence-electron chi connectivity index (χ1n) is 9.55. The fourth-order valence-electron chi connectivity index (χ4n) is 4.14. The topological polar surface area (TPSA) is 38.5 Å². The Morgan fingerprint density at radius 3 is 2.39 bits per heavy atom. The van der Waals surface area contributed by atoms with E-state index in [2.05, 4.69) is 0 Å². The standard InChI is InChI=1S/C23H20BNO3/c1-17-12-13-19-16-25-21(15-18-8-4-2-5-9-18)23(26)28-24(25,27-22(19)14-17)20-10-6-3-7-11-20/h2-14,16,21H,15H2,1H3. The molecular weight excluding hydrogens is 349 g/mol. The Bertz CT molecular complexity index is 1080. The molecule has 2 heterocycles. The van der Waals surface area contributed by atoms with Gasteiger partial charge in [0.1, 0.15) is 6.21 Å². The van der Waals surface area contributed by atoms with E-state index in [-0.39, 0.29) is 5.97 Å². The van der Waals surface area contributed by atoms with Crippen molar-refractivity contribution in [1.29, 1.82) is 0 Å². The molecule has 0 N–H and O–H groups in total. The van der Waals surface area contributed by atoms with Crippen molar-refractivity contribution >= 4 is 24.3 Å². The Kier molecular flexibility index (Phi) is 3.83. The summed E-state index contributed by atoms with van der Waals surface area (Å²) in [6.45, 7) is -0.0966. The number of nitrogens with zero attached hydrogens (tertiary/aromatic N) is 1. The van der Waals surface area contributed by atoms with E-state index in [1.54, 1.807) is 0 Å². The van der Waals surface area contributed by atoms with Crippen molar-refractivity contribution in [2.45, 2.75) is 19.4 Å². The molecule has 0 bridgehead atoms. The first-order valence-corrected chi connectivity index (χ1v) is 9.55. The maximum Gasteiger partial charge on any atom is 0.682 e. The number of rotatable bonds is 3. The van der Waals surface area contributed by atoms with Crippen LogP contribution in [0.15, 0.2) is 78.9 Å². The fraction of sp³-hybridized carbons (Fsp3) is 0.130. The lowest BCUT2D eigenvalue weighted by atomic mass is 9.62. The van der Waals surface area contributed by atoms with Gasteiger partial charge in [0.05, 0.1) is 11.3 Å². The smallest absolute Gasteiger partial charge is 0.618 e. The number of hydrogen-bond donors (Lipinski definition) is 0. The lowest BCUT2D eigenvalue weighted by Crippen LogP contribution is -2.64. The Balaban J connectivity index is 1.66. The lowest BCUT2D eigenvalue weighted by Gasteiger charge is -2.35. The molecule has 2 aliphatic rings. The van der Waals surface area contributed by atoms with Gasteiger partial charge in [-0.25, -0.2) is 4.79 Å². The zero-order valence-electron chi connectivity index (χ0n) is 15.6. The number of fused-ring (bicyclic) bond motifs is 2. The molecule has 3 aromatic rings. The third kappa shape index (κ3) is 2.62. The molecule has 0 saturated carbocycles. The first-order chi connectivity index (χ1) is 13.7. The Labute approximate surface area is 164 Å². The highest BCUT2D eigenvalue weighted by atomic mass is 16.7. The zero-order valence-corrected chi connectivity index (χ0v) is 15.6. The summed E-state index contributed by atoms with van der Waals surface area (Å²) in [7, 11) is 0. The lowest BCUT2D eigenvalue weighted by molar-refractivity contribution is -0.432. The molecule has 5 rings (SSSR count). The molecule has 3 aromatic carbocycles.